The highest BCUT2D eigenvalue weighted by Gasteiger charge is 2.36. The Labute approximate surface area is 134 Å². The summed E-state index contributed by atoms with van der Waals surface area (Å²) in [5.74, 6) is -1.40. The van der Waals surface area contributed by atoms with Gasteiger partial charge in [0.2, 0.25) is 0 Å². The number of halogens is 4. The molecule has 24 heavy (non-hydrogen) atoms. The standard InChI is InChI=1S/C17H11F4NO2/c18-11-7-5-10(6-8-11)15-14(9-24-15)22-16(23)12-3-1-2-4-13(12)17(19,20)21/h1-8,15H,9H2. The van der Waals surface area contributed by atoms with Gasteiger partial charge in [-0.1, -0.05) is 24.3 Å². The Morgan fingerprint density at radius 3 is 2.33 bits per heavy atom. The van der Waals surface area contributed by atoms with Crippen LogP contribution in [0.5, 0.6) is 0 Å². The number of benzene rings is 2. The predicted octanol–water partition coefficient (Wildman–Crippen LogP) is 4.20. The Hall–Kier alpha value is -2.54. The van der Waals surface area contributed by atoms with Crippen LogP contribution >= 0.6 is 0 Å². The van der Waals surface area contributed by atoms with Crippen molar-refractivity contribution in [1.82, 2.24) is 0 Å². The van der Waals surface area contributed by atoms with E-state index in [-0.39, 0.29) is 6.61 Å². The molecule has 2 aromatic carbocycles. The van der Waals surface area contributed by atoms with E-state index in [9.17, 15) is 22.4 Å². The van der Waals surface area contributed by atoms with Gasteiger partial charge in [-0.15, -0.1) is 0 Å². The molecule has 3 rings (SSSR count). The molecule has 3 nitrogen and oxygen atoms in total. The fraction of sp³-hybridized carbons (Fsp3) is 0.176. The molecule has 1 aliphatic heterocycles. The van der Waals surface area contributed by atoms with Crippen molar-refractivity contribution in [3.8, 4) is 0 Å². The summed E-state index contributed by atoms with van der Waals surface area (Å²) in [5, 5.41) is 0. The van der Waals surface area contributed by atoms with Gasteiger partial charge >= 0.3 is 6.18 Å². The molecule has 1 heterocycles. The minimum atomic E-state index is -4.64. The second kappa shape index (κ2) is 6.16. The summed E-state index contributed by atoms with van der Waals surface area (Å²) in [4.78, 5) is 15.9. The highest BCUT2D eigenvalue weighted by atomic mass is 19.4. The molecule has 0 aromatic heterocycles. The number of carbonyl (C=O) groups is 1. The molecular weight excluding hydrogens is 326 g/mol. The van der Waals surface area contributed by atoms with Crippen LogP contribution < -0.4 is 0 Å². The summed E-state index contributed by atoms with van der Waals surface area (Å²) in [6, 6.07) is 9.89. The number of nitrogens with zero attached hydrogens (tertiary/aromatic N) is 1. The van der Waals surface area contributed by atoms with E-state index in [1.165, 1.54) is 36.4 Å². The van der Waals surface area contributed by atoms with Crippen LogP contribution in [-0.2, 0) is 10.9 Å². The summed E-state index contributed by atoms with van der Waals surface area (Å²) >= 11 is 0. The number of carbonyl (C=O) groups excluding carboxylic acids is 1. The molecule has 0 aliphatic carbocycles. The van der Waals surface area contributed by atoms with Crippen LogP contribution in [0.25, 0.3) is 0 Å². The number of hydrogen-bond acceptors (Lipinski definition) is 2. The summed E-state index contributed by atoms with van der Waals surface area (Å²) in [6.07, 6.45) is -5.29. The highest BCUT2D eigenvalue weighted by Crippen LogP contribution is 2.33. The zero-order valence-electron chi connectivity index (χ0n) is 12.2. The lowest BCUT2D eigenvalue weighted by Crippen LogP contribution is -2.33. The van der Waals surface area contributed by atoms with Crippen LogP contribution in [-0.4, -0.2) is 18.2 Å². The largest absolute Gasteiger partial charge is 0.417 e. The Kier molecular flexibility index (Phi) is 4.19. The topological polar surface area (TPSA) is 38.7 Å². The average molecular weight is 337 g/mol. The number of amides is 1. The normalized spacial score (nSPS) is 19.2. The third kappa shape index (κ3) is 3.21. The molecule has 124 valence electrons. The fourth-order valence-corrected chi connectivity index (χ4v) is 2.37. The Morgan fingerprint density at radius 2 is 1.75 bits per heavy atom. The SMILES string of the molecule is O=C(N=C1COC1c1ccc(F)cc1)c1ccccc1C(F)(F)F. The van der Waals surface area contributed by atoms with Crippen molar-refractivity contribution in [3.05, 3.63) is 71.0 Å². The lowest BCUT2D eigenvalue weighted by Gasteiger charge is -2.29. The number of rotatable bonds is 2. The quantitative estimate of drug-likeness (QED) is 0.771. The molecule has 0 radical (unpaired) electrons. The lowest BCUT2D eigenvalue weighted by atomic mass is 10.0. The molecule has 0 N–H and O–H groups in total. The van der Waals surface area contributed by atoms with Gasteiger partial charge in [0.15, 0.2) is 0 Å². The van der Waals surface area contributed by atoms with Gasteiger partial charge in [-0.3, -0.25) is 4.79 Å². The van der Waals surface area contributed by atoms with Gasteiger partial charge in [0.05, 0.1) is 23.4 Å². The van der Waals surface area contributed by atoms with Crippen molar-refractivity contribution in [3.63, 3.8) is 0 Å². The van der Waals surface area contributed by atoms with Crippen LogP contribution in [0, 0.1) is 5.82 Å². The van der Waals surface area contributed by atoms with E-state index in [2.05, 4.69) is 4.99 Å². The summed E-state index contributed by atoms with van der Waals surface area (Å²) in [5.41, 5.74) is -0.651. The third-order valence-corrected chi connectivity index (χ3v) is 3.58. The minimum absolute atomic E-state index is 0.0436. The molecule has 1 aliphatic rings. The smallest absolute Gasteiger partial charge is 0.361 e. The molecule has 1 unspecified atom stereocenters. The van der Waals surface area contributed by atoms with Gasteiger partial charge in [0, 0.05) is 0 Å². The zero-order valence-corrected chi connectivity index (χ0v) is 12.2. The predicted molar refractivity (Wildman–Crippen MR) is 78.3 cm³/mol. The van der Waals surface area contributed by atoms with Gasteiger partial charge in [-0.25, -0.2) is 9.38 Å². The first-order valence-corrected chi connectivity index (χ1v) is 7.01. The summed E-state index contributed by atoms with van der Waals surface area (Å²) < 4.78 is 57.1. The molecule has 1 amide bonds. The van der Waals surface area contributed by atoms with E-state index >= 15 is 0 Å². The van der Waals surface area contributed by atoms with Crippen LogP contribution in [0.15, 0.2) is 53.5 Å². The number of ether oxygens (including phenoxy) is 1. The van der Waals surface area contributed by atoms with E-state index in [0.717, 1.165) is 12.1 Å². The van der Waals surface area contributed by atoms with Gasteiger partial charge < -0.3 is 4.74 Å². The first kappa shape index (κ1) is 16.3. The number of alkyl halides is 3. The summed E-state index contributed by atoms with van der Waals surface area (Å²) in [7, 11) is 0. The molecule has 1 atom stereocenters. The van der Waals surface area contributed by atoms with E-state index < -0.39 is 35.1 Å². The number of hydrogen-bond donors (Lipinski definition) is 0. The molecule has 0 spiro atoms. The fourth-order valence-electron chi connectivity index (χ4n) is 2.37. The third-order valence-electron chi connectivity index (χ3n) is 3.58. The van der Waals surface area contributed by atoms with Crippen LogP contribution in [0.1, 0.15) is 27.6 Å². The van der Waals surface area contributed by atoms with Crippen molar-refractivity contribution in [2.45, 2.75) is 12.3 Å². The monoisotopic (exact) mass is 337 g/mol. The second-order valence-corrected chi connectivity index (χ2v) is 5.19. The maximum atomic E-state index is 13.0. The van der Waals surface area contributed by atoms with E-state index in [1.807, 2.05) is 0 Å². The summed E-state index contributed by atoms with van der Waals surface area (Å²) in [6.45, 7) is 0.0436. The van der Waals surface area contributed by atoms with Gasteiger partial charge in [-0.2, -0.15) is 13.2 Å². The average Bonchev–Trinajstić information content (AvgIpc) is 2.52. The van der Waals surface area contributed by atoms with Crippen LogP contribution in [0.3, 0.4) is 0 Å². The highest BCUT2D eigenvalue weighted by molar-refractivity contribution is 6.08. The van der Waals surface area contributed by atoms with Crippen molar-refractivity contribution >= 4 is 11.6 Å². The zero-order chi connectivity index (χ0) is 17.3. The van der Waals surface area contributed by atoms with Crippen molar-refractivity contribution in [1.29, 1.82) is 0 Å². The first-order chi connectivity index (χ1) is 11.4. The number of aliphatic imine (C=N–C) groups is 1. The Morgan fingerprint density at radius 1 is 1.08 bits per heavy atom. The molecule has 2 aromatic rings. The first-order valence-electron chi connectivity index (χ1n) is 7.01. The van der Waals surface area contributed by atoms with Gasteiger partial charge in [-0.05, 0) is 29.8 Å². The van der Waals surface area contributed by atoms with Crippen LogP contribution in [0.4, 0.5) is 17.6 Å². The molecule has 1 saturated heterocycles. The molecule has 1 fully saturated rings. The maximum absolute atomic E-state index is 13.0. The van der Waals surface area contributed by atoms with Crippen molar-refractivity contribution < 1.29 is 27.1 Å². The van der Waals surface area contributed by atoms with E-state index in [0.29, 0.717) is 11.3 Å². The minimum Gasteiger partial charge on any atom is -0.361 e. The van der Waals surface area contributed by atoms with Crippen molar-refractivity contribution in [2.75, 3.05) is 6.61 Å². The lowest BCUT2D eigenvalue weighted by molar-refractivity contribution is -0.137. The Balaban J connectivity index is 1.87. The van der Waals surface area contributed by atoms with E-state index in [1.54, 1.807) is 0 Å². The van der Waals surface area contributed by atoms with Gasteiger partial charge in [0.25, 0.3) is 5.91 Å². The molecule has 7 heteroatoms. The maximum Gasteiger partial charge on any atom is 0.417 e. The molecule has 0 saturated carbocycles. The second-order valence-electron chi connectivity index (χ2n) is 5.19. The molecular formula is C17H11F4NO2. The van der Waals surface area contributed by atoms with Crippen molar-refractivity contribution in [2.24, 2.45) is 4.99 Å². The van der Waals surface area contributed by atoms with E-state index in [4.69, 9.17) is 4.74 Å². The van der Waals surface area contributed by atoms with Crippen LogP contribution in [0.2, 0.25) is 0 Å². The van der Waals surface area contributed by atoms with Gasteiger partial charge in [0.1, 0.15) is 11.9 Å². The Bertz CT molecular complexity index is 797. The molecule has 0 bridgehead atoms.